The van der Waals surface area contributed by atoms with Crippen LogP contribution in [0, 0.1) is 5.82 Å². The number of H-pyrrole nitrogens is 1. The lowest BCUT2D eigenvalue weighted by molar-refractivity contribution is -0.161. The second-order valence-corrected chi connectivity index (χ2v) is 10.3. The Balaban J connectivity index is 1.87. The summed E-state index contributed by atoms with van der Waals surface area (Å²) in [4.78, 5) is 17.2. The average Bonchev–Trinajstić information content (AvgIpc) is 3.58. The molecular weight excluding hydrogens is 479 g/mol. The zero-order valence-corrected chi connectivity index (χ0v) is 21.6. The van der Waals surface area contributed by atoms with Gasteiger partial charge in [-0.25, -0.2) is 14.2 Å². The predicted molar refractivity (Wildman–Crippen MR) is 136 cm³/mol. The molecule has 0 amide bonds. The van der Waals surface area contributed by atoms with Crippen LogP contribution in [0.1, 0.15) is 50.3 Å². The number of nitrogens with zero attached hydrogens (tertiary/aromatic N) is 3. The predicted octanol–water partition coefficient (Wildman–Crippen LogP) is 4.71. The summed E-state index contributed by atoms with van der Waals surface area (Å²) >= 11 is 0. The van der Waals surface area contributed by atoms with Crippen LogP contribution in [-0.2, 0) is 19.7 Å². The van der Waals surface area contributed by atoms with E-state index in [9.17, 15) is 14.3 Å². The standard InChI is InChI=1S/C27H31FN4O5/c1-26(2,14-35-3)23-21(15-8-9-27(12-15,37-5)25(33)34)22-19(10-16-13-29-31-24(16)30-22)32(23)17-6-7-18(28)20(11-17)36-4/h6-7,10-11,13,15H,8-9,12,14H2,1-5H3,(H,33,34)(H,29,30,31)/t15-,27+/m1/s1. The van der Waals surface area contributed by atoms with Crippen molar-refractivity contribution in [2.75, 3.05) is 27.9 Å². The monoisotopic (exact) mass is 510 g/mol. The fourth-order valence-electron chi connectivity index (χ4n) is 5.85. The minimum absolute atomic E-state index is 0.124. The number of hydrogen-bond acceptors (Lipinski definition) is 6. The van der Waals surface area contributed by atoms with Gasteiger partial charge in [-0.3, -0.25) is 5.10 Å². The van der Waals surface area contributed by atoms with E-state index >= 15 is 0 Å². The van der Waals surface area contributed by atoms with Gasteiger partial charge in [0.1, 0.15) is 0 Å². The molecule has 1 fully saturated rings. The number of methoxy groups -OCH3 is 3. The van der Waals surface area contributed by atoms with E-state index in [1.807, 2.05) is 6.07 Å². The zero-order valence-electron chi connectivity index (χ0n) is 21.6. The Morgan fingerprint density at radius 3 is 2.73 bits per heavy atom. The second kappa shape index (κ2) is 9.11. The highest BCUT2D eigenvalue weighted by atomic mass is 19.1. The smallest absolute Gasteiger partial charge is 0.335 e. The molecule has 1 aromatic carbocycles. The number of carboxylic acid groups (broad SMARTS) is 1. The summed E-state index contributed by atoms with van der Waals surface area (Å²) in [6.07, 6.45) is 3.02. The minimum Gasteiger partial charge on any atom is -0.494 e. The van der Waals surface area contributed by atoms with Crippen molar-refractivity contribution in [2.24, 2.45) is 0 Å². The SMILES string of the molecule is COCC(C)(C)c1c([C@@H]2CC[C@@](OC)(C(=O)O)C2)c2nc3[nH]ncc3cc2n1-c1ccc(F)c(OC)c1. The lowest BCUT2D eigenvalue weighted by Crippen LogP contribution is -2.38. The normalized spacial score (nSPS) is 20.2. The van der Waals surface area contributed by atoms with Crippen molar-refractivity contribution in [1.82, 2.24) is 19.7 Å². The number of halogens is 1. The number of aromatic amines is 1. The molecule has 0 spiro atoms. The average molecular weight is 511 g/mol. The van der Waals surface area contributed by atoms with Crippen LogP contribution < -0.4 is 4.74 Å². The first kappa shape index (κ1) is 25.2. The molecule has 37 heavy (non-hydrogen) atoms. The highest BCUT2D eigenvalue weighted by Crippen LogP contribution is 2.50. The molecule has 0 aliphatic heterocycles. The fraction of sp³-hybridized carbons (Fsp3) is 0.444. The van der Waals surface area contributed by atoms with Crippen molar-refractivity contribution >= 4 is 28.0 Å². The first-order valence-electron chi connectivity index (χ1n) is 12.2. The number of benzene rings is 1. The van der Waals surface area contributed by atoms with Crippen LogP contribution in [0.4, 0.5) is 4.39 Å². The van der Waals surface area contributed by atoms with E-state index < -0.39 is 22.8 Å². The molecule has 10 heteroatoms. The topological polar surface area (TPSA) is 111 Å². The maximum Gasteiger partial charge on any atom is 0.335 e. The zero-order chi connectivity index (χ0) is 26.5. The summed E-state index contributed by atoms with van der Waals surface area (Å²) in [7, 11) is 4.54. The summed E-state index contributed by atoms with van der Waals surface area (Å²) < 4.78 is 33.0. The van der Waals surface area contributed by atoms with Gasteiger partial charge in [0.15, 0.2) is 22.8 Å². The molecule has 0 bridgehead atoms. The van der Waals surface area contributed by atoms with Gasteiger partial charge in [0, 0.05) is 48.0 Å². The Bertz CT molecular complexity index is 1490. The number of pyridine rings is 1. The van der Waals surface area contributed by atoms with Crippen LogP contribution in [0.3, 0.4) is 0 Å². The van der Waals surface area contributed by atoms with E-state index in [1.54, 1.807) is 25.4 Å². The Morgan fingerprint density at radius 1 is 1.30 bits per heavy atom. The van der Waals surface area contributed by atoms with E-state index in [1.165, 1.54) is 20.3 Å². The van der Waals surface area contributed by atoms with Crippen LogP contribution in [0.15, 0.2) is 30.5 Å². The molecule has 3 aromatic heterocycles. The van der Waals surface area contributed by atoms with Crippen molar-refractivity contribution in [3.8, 4) is 11.4 Å². The Morgan fingerprint density at radius 2 is 2.08 bits per heavy atom. The molecule has 0 radical (unpaired) electrons. The maximum absolute atomic E-state index is 14.4. The summed E-state index contributed by atoms with van der Waals surface area (Å²) in [5.74, 6) is -1.44. The van der Waals surface area contributed by atoms with E-state index in [-0.39, 0.29) is 11.7 Å². The van der Waals surface area contributed by atoms with Crippen LogP contribution in [-0.4, -0.2) is 64.4 Å². The quantitative estimate of drug-likeness (QED) is 0.353. The molecule has 4 aromatic rings. The van der Waals surface area contributed by atoms with Crippen molar-refractivity contribution in [3.05, 3.63) is 47.5 Å². The first-order chi connectivity index (χ1) is 17.7. The molecule has 9 nitrogen and oxygen atoms in total. The first-order valence-corrected chi connectivity index (χ1v) is 12.2. The molecule has 0 unspecified atom stereocenters. The minimum atomic E-state index is -1.26. The van der Waals surface area contributed by atoms with Crippen molar-refractivity contribution in [3.63, 3.8) is 0 Å². The molecule has 2 N–H and O–H groups in total. The van der Waals surface area contributed by atoms with Gasteiger partial charge >= 0.3 is 5.97 Å². The molecular formula is C27H31FN4O5. The van der Waals surface area contributed by atoms with Gasteiger partial charge in [0.25, 0.3) is 0 Å². The highest BCUT2D eigenvalue weighted by Gasteiger charge is 2.49. The number of fused-ring (bicyclic) bond motifs is 2. The van der Waals surface area contributed by atoms with Crippen LogP contribution in [0.5, 0.6) is 5.75 Å². The second-order valence-electron chi connectivity index (χ2n) is 10.3. The number of aromatic nitrogens is 4. The molecule has 1 saturated carbocycles. The summed E-state index contributed by atoms with van der Waals surface area (Å²) in [6.45, 7) is 4.55. The number of carboxylic acids is 1. The van der Waals surface area contributed by atoms with Gasteiger partial charge in [-0.1, -0.05) is 13.8 Å². The van der Waals surface area contributed by atoms with E-state index in [2.05, 4.69) is 28.6 Å². The van der Waals surface area contributed by atoms with Crippen LogP contribution in [0.2, 0.25) is 0 Å². The summed E-state index contributed by atoms with van der Waals surface area (Å²) in [5, 5.41) is 17.9. The molecule has 5 rings (SSSR count). The number of carbonyl (C=O) groups is 1. The third-order valence-corrected chi connectivity index (χ3v) is 7.58. The molecule has 2 atom stereocenters. The number of nitrogens with one attached hydrogen (secondary N) is 1. The number of aliphatic carboxylic acids is 1. The van der Waals surface area contributed by atoms with Gasteiger partial charge in [-0.05, 0) is 43.4 Å². The summed E-state index contributed by atoms with van der Waals surface area (Å²) in [5.41, 5.74) is 2.97. The van der Waals surface area contributed by atoms with Gasteiger partial charge in [0.2, 0.25) is 0 Å². The molecule has 196 valence electrons. The van der Waals surface area contributed by atoms with Gasteiger partial charge in [-0.2, -0.15) is 5.10 Å². The number of hydrogen-bond donors (Lipinski definition) is 2. The Kier molecular flexibility index (Phi) is 6.19. The highest BCUT2D eigenvalue weighted by molar-refractivity contribution is 5.94. The van der Waals surface area contributed by atoms with Crippen molar-refractivity contribution < 1.29 is 28.5 Å². The van der Waals surface area contributed by atoms with Crippen LogP contribution in [0.25, 0.3) is 27.8 Å². The number of rotatable bonds is 8. The lowest BCUT2D eigenvalue weighted by Gasteiger charge is -2.30. The van der Waals surface area contributed by atoms with Crippen molar-refractivity contribution in [1.29, 1.82) is 0 Å². The molecule has 0 saturated heterocycles. The lowest BCUT2D eigenvalue weighted by atomic mass is 9.82. The maximum atomic E-state index is 14.4. The summed E-state index contributed by atoms with van der Waals surface area (Å²) in [6, 6.07) is 6.75. The van der Waals surface area contributed by atoms with Crippen molar-refractivity contribution in [2.45, 2.75) is 50.0 Å². The van der Waals surface area contributed by atoms with Gasteiger partial charge in [0.05, 0.1) is 30.9 Å². The third kappa shape index (κ3) is 3.95. The van der Waals surface area contributed by atoms with E-state index in [4.69, 9.17) is 19.2 Å². The van der Waals surface area contributed by atoms with Crippen LogP contribution >= 0.6 is 0 Å². The molecule has 3 heterocycles. The van der Waals surface area contributed by atoms with Gasteiger partial charge < -0.3 is 23.9 Å². The Labute approximate surface area is 213 Å². The van der Waals surface area contributed by atoms with E-state index in [0.29, 0.717) is 37.2 Å². The largest absolute Gasteiger partial charge is 0.494 e. The number of ether oxygens (including phenoxy) is 3. The molecule has 1 aliphatic rings. The van der Waals surface area contributed by atoms with E-state index in [0.717, 1.165) is 27.7 Å². The fourth-order valence-corrected chi connectivity index (χ4v) is 5.85. The third-order valence-electron chi connectivity index (χ3n) is 7.58. The van der Waals surface area contributed by atoms with Gasteiger partial charge in [-0.15, -0.1) is 0 Å². The Hall–Kier alpha value is -3.50. The molecule has 1 aliphatic carbocycles.